The summed E-state index contributed by atoms with van der Waals surface area (Å²) in [6.07, 6.45) is 5.15. The van der Waals surface area contributed by atoms with Gasteiger partial charge in [-0.2, -0.15) is 0 Å². The zero-order valence-electron chi connectivity index (χ0n) is 6.72. The largest absolute Gasteiger partial charge is 0.516 e. The van der Waals surface area contributed by atoms with Crippen LogP contribution in [0.2, 0.25) is 0 Å². The second kappa shape index (κ2) is 8.03. The number of allylic oxidation sites excluding steroid dienone is 1. The minimum absolute atomic E-state index is 0.127. The monoisotopic (exact) mass is 230 g/mol. The fraction of sp³-hybridized carbons (Fsp3) is 0.750. The van der Waals surface area contributed by atoms with Gasteiger partial charge in [-0.25, -0.2) is 0 Å². The molecule has 0 aliphatic heterocycles. The normalized spacial score (nSPS) is 16.6. The van der Waals surface area contributed by atoms with Crippen LogP contribution in [0.1, 0.15) is 19.3 Å². The lowest BCUT2D eigenvalue weighted by Gasteiger charge is -2.10. The van der Waals surface area contributed by atoms with Crippen molar-refractivity contribution in [2.45, 2.75) is 30.0 Å². The summed E-state index contributed by atoms with van der Waals surface area (Å²) in [5.74, 6) is 0.659. The van der Waals surface area contributed by atoms with Crippen LogP contribution in [-0.2, 0) is 0 Å². The molecule has 2 unspecified atom stereocenters. The summed E-state index contributed by atoms with van der Waals surface area (Å²) < 4.78 is 0. The highest BCUT2D eigenvalue weighted by Crippen LogP contribution is 2.17. The van der Waals surface area contributed by atoms with Crippen LogP contribution in [-0.4, -0.2) is 21.7 Å². The van der Waals surface area contributed by atoms with Crippen molar-refractivity contribution in [2.75, 3.05) is 5.88 Å². The van der Waals surface area contributed by atoms with E-state index >= 15 is 0 Å². The van der Waals surface area contributed by atoms with E-state index in [0.717, 1.165) is 25.5 Å². The van der Waals surface area contributed by atoms with Gasteiger partial charge in [-0.1, -0.05) is 6.42 Å². The maximum absolute atomic E-state index is 8.41. The third kappa shape index (κ3) is 5.99. The molecule has 0 aliphatic carbocycles. The van der Waals surface area contributed by atoms with E-state index in [1.165, 1.54) is 6.08 Å². The van der Waals surface area contributed by atoms with Crippen LogP contribution in [0.25, 0.3) is 0 Å². The molecule has 0 fully saturated rings. The number of unbranched alkanes of at least 4 members (excludes halogenated alkanes) is 1. The Kier molecular flexibility index (Phi) is 8.30. The zero-order chi connectivity index (χ0) is 9.40. The van der Waals surface area contributed by atoms with Gasteiger partial charge in [-0.3, -0.25) is 0 Å². The maximum Gasteiger partial charge on any atom is 0.0767 e. The molecule has 2 atom stereocenters. The lowest BCUT2D eigenvalue weighted by Crippen LogP contribution is -2.12. The van der Waals surface area contributed by atoms with Crippen molar-refractivity contribution >= 4 is 34.8 Å². The van der Waals surface area contributed by atoms with Crippen molar-refractivity contribution in [3.8, 4) is 0 Å². The number of halogens is 3. The summed E-state index contributed by atoms with van der Waals surface area (Å²) in [5, 5.41) is 7.99. The van der Waals surface area contributed by atoms with Crippen molar-refractivity contribution in [3.63, 3.8) is 0 Å². The molecule has 0 heterocycles. The predicted octanol–water partition coefficient (Wildman–Crippen LogP) is 3.68. The first-order valence-corrected chi connectivity index (χ1v) is 5.28. The van der Waals surface area contributed by atoms with Gasteiger partial charge in [0.1, 0.15) is 0 Å². The molecule has 4 heteroatoms. The van der Waals surface area contributed by atoms with Gasteiger partial charge >= 0.3 is 0 Å². The quantitative estimate of drug-likeness (QED) is 0.420. The third-order valence-corrected chi connectivity index (χ3v) is 2.81. The molecule has 0 aliphatic rings. The molecule has 0 aromatic heterocycles. The van der Waals surface area contributed by atoms with E-state index in [-0.39, 0.29) is 10.8 Å². The van der Waals surface area contributed by atoms with E-state index in [2.05, 4.69) is 0 Å². The summed E-state index contributed by atoms with van der Waals surface area (Å²) >= 11 is 17.2. The van der Waals surface area contributed by atoms with Gasteiger partial charge in [0.05, 0.1) is 17.0 Å². The van der Waals surface area contributed by atoms with E-state index in [4.69, 9.17) is 39.9 Å². The molecular weight excluding hydrogens is 218 g/mol. The summed E-state index contributed by atoms with van der Waals surface area (Å²) in [4.78, 5) is 0. The van der Waals surface area contributed by atoms with Crippen LogP contribution in [0, 0.1) is 0 Å². The van der Waals surface area contributed by atoms with Crippen LogP contribution >= 0.6 is 34.8 Å². The van der Waals surface area contributed by atoms with E-state index in [0.29, 0.717) is 5.88 Å². The highest BCUT2D eigenvalue weighted by Gasteiger charge is 2.12. The average molecular weight is 232 g/mol. The molecule has 0 bridgehead atoms. The Labute approximate surface area is 88.3 Å². The molecule has 12 heavy (non-hydrogen) atoms. The maximum atomic E-state index is 8.41. The minimum Gasteiger partial charge on any atom is -0.516 e. The number of alkyl halides is 3. The van der Waals surface area contributed by atoms with E-state index < -0.39 is 0 Å². The molecule has 0 radical (unpaired) electrons. The standard InChI is InChI=1S/C8H13Cl3O/c9-5-2-1-3-7(10)8(11)4-6-12/h4,6-8,12H,1-3,5H2. The SMILES string of the molecule is OC=CC(Cl)C(Cl)CCCCCl. The van der Waals surface area contributed by atoms with Crippen LogP contribution in [0.3, 0.4) is 0 Å². The molecule has 0 aromatic rings. The minimum atomic E-state index is -0.299. The Morgan fingerprint density at radius 2 is 1.92 bits per heavy atom. The lowest BCUT2D eigenvalue weighted by molar-refractivity contribution is 0.470. The molecular formula is C8H13Cl3O. The third-order valence-electron chi connectivity index (χ3n) is 1.48. The zero-order valence-corrected chi connectivity index (χ0v) is 8.99. The number of rotatable bonds is 6. The van der Waals surface area contributed by atoms with Crippen molar-refractivity contribution in [1.82, 2.24) is 0 Å². The highest BCUT2D eigenvalue weighted by molar-refractivity contribution is 6.30. The van der Waals surface area contributed by atoms with E-state index in [1.54, 1.807) is 0 Å². The summed E-state index contributed by atoms with van der Waals surface area (Å²) in [5.41, 5.74) is 0. The Morgan fingerprint density at radius 3 is 2.42 bits per heavy atom. The average Bonchev–Trinajstić information content (AvgIpc) is 2.05. The lowest BCUT2D eigenvalue weighted by atomic mass is 10.1. The molecule has 1 nitrogen and oxygen atoms in total. The highest BCUT2D eigenvalue weighted by atomic mass is 35.5. The van der Waals surface area contributed by atoms with Crippen LogP contribution in [0.15, 0.2) is 12.3 Å². The molecule has 0 aromatic carbocycles. The van der Waals surface area contributed by atoms with Crippen molar-refractivity contribution in [2.24, 2.45) is 0 Å². The summed E-state index contributed by atoms with van der Waals surface area (Å²) in [6, 6.07) is 0. The number of hydrogen-bond acceptors (Lipinski definition) is 1. The van der Waals surface area contributed by atoms with Crippen LogP contribution < -0.4 is 0 Å². The van der Waals surface area contributed by atoms with Crippen LogP contribution in [0.5, 0.6) is 0 Å². The first kappa shape index (κ1) is 12.4. The molecule has 1 N–H and O–H groups in total. The molecule has 0 saturated heterocycles. The van der Waals surface area contributed by atoms with Crippen LogP contribution in [0.4, 0.5) is 0 Å². The first-order chi connectivity index (χ1) is 5.72. The Hall–Kier alpha value is 0.410. The summed E-state index contributed by atoms with van der Waals surface area (Å²) in [7, 11) is 0. The second-order valence-electron chi connectivity index (χ2n) is 2.49. The fourth-order valence-corrected chi connectivity index (χ4v) is 1.41. The van der Waals surface area contributed by atoms with Gasteiger partial charge in [0.25, 0.3) is 0 Å². The Morgan fingerprint density at radius 1 is 1.25 bits per heavy atom. The van der Waals surface area contributed by atoms with Gasteiger partial charge in [0, 0.05) is 5.88 Å². The van der Waals surface area contributed by atoms with E-state index in [9.17, 15) is 0 Å². The van der Waals surface area contributed by atoms with Gasteiger partial charge in [-0.05, 0) is 18.9 Å². The van der Waals surface area contributed by atoms with Gasteiger partial charge in [-0.15, -0.1) is 34.8 Å². The number of aliphatic hydroxyl groups excluding tert-OH is 1. The topological polar surface area (TPSA) is 20.2 Å². The number of hydrogen-bond donors (Lipinski definition) is 1. The fourth-order valence-electron chi connectivity index (χ4n) is 0.796. The molecule has 0 spiro atoms. The van der Waals surface area contributed by atoms with Gasteiger partial charge in [0.2, 0.25) is 0 Å². The number of aliphatic hydroxyl groups is 1. The predicted molar refractivity (Wildman–Crippen MR) is 55.6 cm³/mol. The molecule has 0 saturated carbocycles. The molecule has 0 rings (SSSR count). The van der Waals surface area contributed by atoms with Crippen molar-refractivity contribution in [1.29, 1.82) is 0 Å². The van der Waals surface area contributed by atoms with Gasteiger partial charge in [0.15, 0.2) is 0 Å². The van der Waals surface area contributed by atoms with Crippen molar-refractivity contribution < 1.29 is 5.11 Å². The smallest absolute Gasteiger partial charge is 0.0767 e. The van der Waals surface area contributed by atoms with E-state index in [1.807, 2.05) is 0 Å². The first-order valence-electron chi connectivity index (χ1n) is 3.87. The second-order valence-corrected chi connectivity index (χ2v) is 3.93. The Bertz CT molecular complexity index is 127. The summed E-state index contributed by atoms with van der Waals surface area (Å²) in [6.45, 7) is 0. The molecule has 72 valence electrons. The van der Waals surface area contributed by atoms with Crippen molar-refractivity contribution in [3.05, 3.63) is 12.3 Å². The molecule has 0 amide bonds. The van der Waals surface area contributed by atoms with Gasteiger partial charge < -0.3 is 5.11 Å². The Balaban J connectivity index is 3.49.